The highest BCUT2D eigenvalue weighted by atomic mass is 16.5. The predicted octanol–water partition coefficient (Wildman–Crippen LogP) is 3.25. The second kappa shape index (κ2) is 6.97. The van der Waals surface area contributed by atoms with E-state index in [0.29, 0.717) is 5.69 Å². The van der Waals surface area contributed by atoms with Gasteiger partial charge in [0, 0.05) is 11.4 Å². The van der Waals surface area contributed by atoms with Crippen molar-refractivity contribution in [3.63, 3.8) is 0 Å². The molecule has 3 rings (SSSR count). The van der Waals surface area contributed by atoms with Crippen LogP contribution in [-0.4, -0.2) is 18.0 Å². The average molecular weight is 338 g/mol. The molecule has 1 atom stereocenters. The average Bonchev–Trinajstić information content (AvgIpc) is 3.04. The smallest absolute Gasteiger partial charge is 0.341 e. The fourth-order valence-electron chi connectivity index (χ4n) is 3.03. The number of rotatable bonds is 4. The molecule has 0 aromatic heterocycles. The second-order valence-corrected chi connectivity index (χ2v) is 6.41. The van der Waals surface area contributed by atoms with Crippen LogP contribution in [0.15, 0.2) is 36.4 Å². The minimum atomic E-state index is -0.916. The Morgan fingerprint density at radius 1 is 1.16 bits per heavy atom. The Balaban J connectivity index is 1.64. The number of hydrogen-bond acceptors (Lipinski definition) is 4. The molecular weight excluding hydrogens is 316 g/mol. The number of para-hydroxylation sites is 1. The molecule has 0 radical (unpaired) electrons. The molecule has 0 heterocycles. The Hall–Kier alpha value is -2.82. The molecule has 130 valence electrons. The van der Waals surface area contributed by atoms with Crippen LogP contribution in [-0.2, 0) is 22.4 Å². The molecule has 0 saturated carbocycles. The maximum absolute atomic E-state index is 12.3. The van der Waals surface area contributed by atoms with Crippen LogP contribution in [0.4, 0.5) is 11.4 Å². The predicted molar refractivity (Wildman–Crippen MR) is 97.6 cm³/mol. The minimum Gasteiger partial charge on any atom is -0.449 e. The first-order chi connectivity index (χ1) is 12.0. The lowest BCUT2D eigenvalue weighted by Crippen LogP contribution is -2.30. The van der Waals surface area contributed by atoms with Gasteiger partial charge in [-0.15, -0.1) is 0 Å². The van der Waals surface area contributed by atoms with E-state index in [-0.39, 0.29) is 11.5 Å². The van der Waals surface area contributed by atoms with Gasteiger partial charge in [-0.2, -0.15) is 0 Å². The van der Waals surface area contributed by atoms with E-state index in [1.165, 1.54) is 11.1 Å². The first kappa shape index (κ1) is 17.0. The van der Waals surface area contributed by atoms with Gasteiger partial charge in [0.15, 0.2) is 6.10 Å². The maximum atomic E-state index is 12.3. The first-order valence-corrected chi connectivity index (χ1v) is 8.44. The fraction of sp³-hybridized carbons (Fsp3) is 0.300. The summed E-state index contributed by atoms with van der Waals surface area (Å²) in [5.74, 6) is -0.963. The van der Waals surface area contributed by atoms with E-state index < -0.39 is 12.1 Å². The van der Waals surface area contributed by atoms with Crippen molar-refractivity contribution >= 4 is 23.3 Å². The summed E-state index contributed by atoms with van der Waals surface area (Å²) >= 11 is 0. The van der Waals surface area contributed by atoms with Crippen LogP contribution >= 0.6 is 0 Å². The molecule has 5 nitrogen and oxygen atoms in total. The Morgan fingerprint density at radius 3 is 2.72 bits per heavy atom. The number of hydrogen-bond donors (Lipinski definition) is 2. The lowest BCUT2D eigenvalue weighted by atomic mass is 10.1. The SMILES string of the molecule is Cc1cccc(C(=O)O[C@@H](C)C(=O)Nc2ccc3c(c2)CCC3)c1N. The number of ether oxygens (including phenoxy) is 1. The standard InChI is InChI=1S/C20H22N2O3/c1-12-5-3-8-17(18(12)21)20(24)25-13(2)19(23)22-16-10-9-14-6-4-7-15(14)11-16/h3,5,8-11,13H,4,6-7,21H2,1-2H3,(H,22,23)/t13-/m0/s1. The molecule has 1 aliphatic rings. The minimum absolute atomic E-state index is 0.275. The van der Waals surface area contributed by atoms with E-state index in [2.05, 4.69) is 5.32 Å². The summed E-state index contributed by atoms with van der Waals surface area (Å²) in [6, 6.07) is 11.1. The van der Waals surface area contributed by atoms with Gasteiger partial charge >= 0.3 is 5.97 Å². The van der Waals surface area contributed by atoms with Crippen molar-refractivity contribution in [2.24, 2.45) is 0 Å². The molecule has 0 bridgehead atoms. The lowest BCUT2D eigenvalue weighted by Gasteiger charge is -2.15. The summed E-state index contributed by atoms with van der Waals surface area (Å²) in [5, 5.41) is 2.81. The van der Waals surface area contributed by atoms with Gasteiger partial charge in [0.2, 0.25) is 0 Å². The van der Waals surface area contributed by atoms with Crippen LogP contribution in [0.2, 0.25) is 0 Å². The van der Waals surface area contributed by atoms with Crippen LogP contribution < -0.4 is 11.1 Å². The third-order valence-corrected chi connectivity index (χ3v) is 4.56. The third-order valence-electron chi connectivity index (χ3n) is 4.56. The molecule has 25 heavy (non-hydrogen) atoms. The molecule has 5 heteroatoms. The summed E-state index contributed by atoms with van der Waals surface area (Å²) in [5.41, 5.74) is 10.7. The van der Waals surface area contributed by atoms with Gasteiger partial charge in [-0.05, 0) is 68.0 Å². The van der Waals surface area contributed by atoms with E-state index in [4.69, 9.17) is 10.5 Å². The van der Waals surface area contributed by atoms with Gasteiger partial charge in [0.1, 0.15) is 0 Å². The number of nitrogens with one attached hydrogen (secondary N) is 1. The van der Waals surface area contributed by atoms with Gasteiger partial charge < -0.3 is 15.8 Å². The van der Waals surface area contributed by atoms with Crippen molar-refractivity contribution in [3.05, 3.63) is 58.7 Å². The van der Waals surface area contributed by atoms with Gasteiger partial charge in [0.25, 0.3) is 5.91 Å². The van der Waals surface area contributed by atoms with Crippen molar-refractivity contribution in [3.8, 4) is 0 Å². The van der Waals surface area contributed by atoms with Gasteiger partial charge in [0.05, 0.1) is 5.56 Å². The molecule has 0 saturated heterocycles. The number of carbonyl (C=O) groups excluding carboxylic acids is 2. The van der Waals surface area contributed by atoms with Crippen molar-refractivity contribution in [1.82, 2.24) is 0 Å². The number of nitrogens with two attached hydrogens (primary N) is 1. The van der Waals surface area contributed by atoms with E-state index in [1.54, 1.807) is 19.1 Å². The highest BCUT2D eigenvalue weighted by molar-refractivity contribution is 5.99. The number of benzene rings is 2. The second-order valence-electron chi connectivity index (χ2n) is 6.41. The number of anilines is 2. The molecule has 0 fully saturated rings. The molecule has 3 N–H and O–H groups in total. The van der Waals surface area contributed by atoms with Crippen molar-refractivity contribution in [1.29, 1.82) is 0 Å². The highest BCUT2D eigenvalue weighted by Gasteiger charge is 2.21. The van der Waals surface area contributed by atoms with E-state index in [9.17, 15) is 9.59 Å². The van der Waals surface area contributed by atoms with Gasteiger partial charge in [-0.1, -0.05) is 18.2 Å². The largest absolute Gasteiger partial charge is 0.449 e. The number of carbonyl (C=O) groups is 2. The zero-order valence-corrected chi connectivity index (χ0v) is 14.5. The highest BCUT2D eigenvalue weighted by Crippen LogP contribution is 2.25. The maximum Gasteiger partial charge on any atom is 0.341 e. The number of aryl methyl sites for hydroxylation is 3. The van der Waals surface area contributed by atoms with E-state index >= 15 is 0 Å². The van der Waals surface area contributed by atoms with Gasteiger partial charge in [-0.3, -0.25) is 4.79 Å². The molecule has 2 aromatic rings. The fourth-order valence-corrected chi connectivity index (χ4v) is 3.03. The Labute approximate surface area is 147 Å². The summed E-state index contributed by atoms with van der Waals surface area (Å²) in [7, 11) is 0. The molecular formula is C20H22N2O3. The number of nitrogen functional groups attached to an aromatic ring is 1. The topological polar surface area (TPSA) is 81.4 Å². The number of amides is 1. The van der Waals surface area contributed by atoms with E-state index in [1.807, 2.05) is 31.2 Å². The molecule has 2 aromatic carbocycles. The van der Waals surface area contributed by atoms with Crippen molar-refractivity contribution < 1.29 is 14.3 Å². The first-order valence-electron chi connectivity index (χ1n) is 8.44. The molecule has 1 amide bonds. The number of esters is 1. The summed E-state index contributed by atoms with van der Waals surface area (Å²) in [6.45, 7) is 3.36. The van der Waals surface area contributed by atoms with Crippen LogP contribution in [0.1, 0.15) is 40.4 Å². The van der Waals surface area contributed by atoms with Crippen molar-refractivity contribution in [2.45, 2.75) is 39.2 Å². The normalized spacial score (nSPS) is 13.8. The van der Waals surface area contributed by atoms with Crippen LogP contribution in [0, 0.1) is 6.92 Å². The molecule has 1 aliphatic carbocycles. The third kappa shape index (κ3) is 3.65. The Bertz CT molecular complexity index is 830. The molecule has 0 unspecified atom stereocenters. The Kier molecular flexibility index (Phi) is 4.74. The summed E-state index contributed by atoms with van der Waals surface area (Å²) < 4.78 is 5.27. The number of fused-ring (bicyclic) bond motifs is 1. The quantitative estimate of drug-likeness (QED) is 0.662. The Morgan fingerprint density at radius 2 is 1.92 bits per heavy atom. The summed E-state index contributed by atoms with van der Waals surface area (Å²) in [4.78, 5) is 24.6. The zero-order valence-electron chi connectivity index (χ0n) is 14.5. The summed E-state index contributed by atoms with van der Waals surface area (Å²) in [6.07, 6.45) is 2.37. The van der Waals surface area contributed by atoms with Crippen LogP contribution in [0.25, 0.3) is 0 Å². The van der Waals surface area contributed by atoms with Crippen LogP contribution in [0.3, 0.4) is 0 Å². The monoisotopic (exact) mass is 338 g/mol. The zero-order chi connectivity index (χ0) is 18.0. The lowest BCUT2D eigenvalue weighted by molar-refractivity contribution is -0.123. The van der Waals surface area contributed by atoms with Crippen LogP contribution in [0.5, 0.6) is 0 Å². The van der Waals surface area contributed by atoms with Gasteiger partial charge in [-0.25, -0.2) is 4.79 Å². The molecule has 0 aliphatic heterocycles. The molecule has 0 spiro atoms. The van der Waals surface area contributed by atoms with Crippen molar-refractivity contribution in [2.75, 3.05) is 11.1 Å². The van der Waals surface area contributed by atoms with E-state index in [0.717, 1.165) is 30.5 Å².